The van der Waals surface area contributed by atoms with Crippen molar-refractivity contribution >= 4 is 11.6 Å². The van der Waals surface area contributed by atoms with E-state index in [1.165, 1.54) is 5.56 Å². The number of fused-ring (bicyclic) bond motifs is 2. The summed E-state index contributed by atoms with van der Waals surface area (Å²) < 4.78 is 49.8. The maximum atomic E-state index is 16.3. The monoisotopic (exact) mass is 660 g/mol. The van der Waals surface area contributed by atoms with Crippen LogP contribution in [0.2, 0.25) is 5.02 Å². The van der Waals surface area contributed by atoms with E-state index in [0.29, 0.717) is 50.0 Å². The normalized spacial score (nSPS) is 25.8. The van der Waals surface area contributed by atoms with Crippen LogP contribution in [0.4, 0.5) is 4.39 Å². The molecule has 0 N–H and O–H groups in total. The number of halogens is 2. The van der Waals surface area contributed by atoms with Crippen LogP contribution in [-0.2, 0) is 42.1 Å². The molecule has 1 aliphatic heterocycles. The van der Waals surface area contributed by atoms with Crippen LogP contribution in [0.1, 0.15) is 126 Å². The van der Waals surface area contributed by atoms with Gasteiger partial charge in [0.1, 0.15) is 36.2 Å². The Balaban J connectivity index is 1.79. The molecule has 46 heavy (non-hydrogen) atoms. The van der Waals surface area contributed by atoms with Gasteiger partial charge in [-0.05, 0) is 72.4 Å². The molecule has 0 amide bonds. The highest BCUT2D eigenvalue weighted by Gasteiger charge is 2.61. The summed E-state index contributed by atoms with van der Waals surface area (Å²) in [5, 5.41) is 0.577. The first kappa shape index (κ1) is 37.3. The van der Waals surface area contributed by atoms with E-state index in [2.05, 4.69) is 65.0 Å². The number of unbranched alkanes of at least 4 members (excludes halogenated alkanes) is 4. The number of aryl methyl sites for hydroxylation is 1. The predicted molar refractivity (Wildman–Crippen MR) is 185 cm³/mol. The highest BCUT2D eigenvalue weighted by atomic mass is 35.5. The van der Waals surface area contributed by atoms with Crippen molar-refractivity contribution in [1.82, 2.24) is 0 Å². The lowest BCUT2D eigenvalue weighted by Gasteiger charge is -2.52. The SMILES string of the molecule is CCCCOC[C@H]1O[C@]2(CC(F)c3cc(Cl)c(Cc4ccc(CC)cc4)cc32)[C@H](OCCCC)[C@@H](OCCCC)[C@@H]1OCCCC. The molecule has 6 atom stereocenters. The van der Waals surface area contributed by atoms with Gasteiger partial charge in [-0.1, -0.05) is 102 Å². The zero-order chi connectivity index (χ0) is 32.9. The Bertz CT molecular complexity index is 1180. The average molecular weight is 661 g/mol. The van der Waals surface area contributed by atoms with E-state index in [4.69, 9.17) is 35.3 Å². The van der Waals surface area contributed by atoms with Gasteiger partial charge in [-0.3, -0.25) is 0 Å². The van der Waals surface area contributed by atoms with Crippen LogP contribution in [0.5, 0.6) is 0 Å². The first-order valence-electron chi connectivity index (χ1n) is 18.1. The lowest BCUT2D eigenvalue weighted by atomic mass is 9.79. The van der Waals surface area contributed by atoms with Crippen molar-refractivity contribution in [3.05, 3.63) is 69.2 Å². The molecule has 0 bridgehead atoms. The van der Waals surface area contributed by atoms with Crippen molar-refractivity contribution in [3.63, 3.8) is 0 Å². The molecule has 1 heterocycles. The van der Waals surface area contributed by atoms with E-state index in [1.54, 1.807) is 0 Å². The van der Waals surface area contributed by atoms with Gasteiger partial charge in [-0.15, -0.1) is 0 Å². The van der Waals surface area contributed by atoms with E-state index in [-0.39, 0.29) is 6.42 Å². The molecule has 0 saturated carbocycles. The Morgan fingerprint density at radius 2 is 1.37 bits per heavy atom. The Hall–Kier alpha value is -1.54. The Labute approximate surface area is 282 Å². The van der Waals surface area contributed by atoms with Crippen LogP contribution in [0.25, 0.3) is 0 Å². The van der Waals surface area contributed by atoms with Gasteiger partial charge in [0.15, 0.2) is 0 Å². The number of rotatable bonds is 20. The summed E-state index contributed by atoms with van der Waals surface area (Å²) in [5.74, 6) is 0. The van der Waals surface area contributed by atoms with Gasteiger partial charge in [0, 0.05) is 37.9 Å². The number of alkyl halides is 1. The van der Waals surface area contributed by atoms with Crippen LogP contribution in [0.3, 0.4) is 0 Å². The topological polar surface area (TPSA) is 46.2 Å². The van der Waals surface area contributed by atoms with Gasteiger partial charge < -0.3 is 23.7 Å². The van der Waals surface area contributed by atoms with Gasteiger partial charge in [0.25, 0.3) is 0 Å². The van der Waals surface area contributed by atoms with E-state index < -0.39 is 36.2 Å². The number of ether oxygens (including phenoxy) is 5. The molecule has 0 radical (unpaired) electrons. The average Bonchev–Trinajstić information content (AvgIpc) is 3.32. The molecule has 4 rings (SSSR count). The van der Waals surface area contributed by atoms with Crippen molar-refractivity contribution in [1.29, 1.82) is 0 Å². The number of benzene rings is 2. The summed E-state index contributed by atoms with van der Waals surface area (Å²) in [7, 11) is 0. The quantitative estimate of drug-likeness (QED) is 0.132. The lowest BCUT2D eigenvalue weighted by Crippen LogP contribution is -2.65. The smallest absolute Gasteiger partial charge is 0.129 e. The Morgan fingerprint density at radius 3 is 2.00 bits per heavy atom. The molecule has 1 unspecified atom stereocenters. The zero-order valence-electron chi connectivity index (χ0n) is 29.0. The van der Waals surface area contributed by atoms with E-state index in [0.717, 1.165) is 74.5 Å². The summed E-state index contributed by atoms with van der Waals surface area (Å²) in [6.07, 6.45) is 6.51. The molecular weight excluding hydrogens is 603 g/mol. The zero-order valence-corrected chi connectivity index (χ0v) is 29.7. The second-order valence-electron chi connectivity index (χ2n) is 13.0. The van der Waals surface area contributed by atoms with Gasteiger partial charge >= 0.3 is 0 Å². The van der Waals surface area contributed by atoms with Gasteiger partial charge in [-0.25, -0.2) is 4.39 Å². The first-order valence-corrected chi connectivity index (χ1v) is 18.4. The summed E-state index contributed by atoms with van der Waals surface area (Å²) in [6.45, 7) is 13.5. The van der Waals surface area contributed by atoms with Gasteiger partial charge in [-0.2, -0.15) is 0 Å². The maximum absolute atomic E-state index is 16.3. The van der Waals surface area contributed by atoms with E-state index in [9.17, 15) is 0 Å². The lowest BCUT2D eigenvalue weighted by molar-refractivity contribution is -0.309. The van der Waals surface area contributed by atoms with Crippen molar-refractivity contribution in [2.45, 2.75) is 141 Å². The Kier molecular flexibility index (Phi) is 15.3. The molecule has 2 aromatic carbocycles. The predicted octanol–water partition coefficient (Wildman–Crippen LogP) is 9.87. The molecule has 5 nitrogen and oxygen atoms in total. The molecule has 1 saturated heterocycles. The van der Waals surface area contributed by atoms with Crippen molar-refractivity contribution < 1.29 is 28.1 Å². The second kappa shape index (κ2) is 18.9. The third kappa shape index (κ3) is 9.12. The summed E-state index contributed by atoms with van der Waals surface area (Å²) in [6, 6.07) is 12.5. The largest absolute Gasteiger partial charge is 0.379 e. The van der Waals surface area contributed by atoms with Crippen molar-refractivity contribution in [2.75, 3.05) is 33.0 Å². The summed E-state index contributed by atoms with van der Waals surface area (Å²) >= 11 is 6.88. The molecule has 258 valence electrons. The number of hydrogen-bond donors (Lipinski definition) is 0. The van der Waals surface area contributed by atoms with Crippen molar-refractivity contribution in [2.24, 2.45) is 0 Å². The molecule has 0 aromatic heterocycles. The fourth-order valence-corrected chi connectivity index (χ4v) is 6.94. The van der Waals surface area contributed by atoms with Crippen molar-refractivity contribution in [3.8, 4) is 0 Å². The second-order valence-corrected chi connectivity index (χ2v) is 13.5. The van der Waals surface area contributed by atoms with E-state index in [1.807, 2.05) is 6.07 Å². The molecule has 7 heteroatoms. The molecule has 1 aliphatic carbocycles. The third-order valence-corrected chi connectivity index (χ3v) is 9.82. The van der Waals surface area contributed by atoms with Crippen LogP contribution < -0.4 is 0 Å². The fourth-order valence-electron chi connectivity index (χ4n) is 6.70. The summed E-state index contributed by atoms with van der Waals surface area (Å²) in [5.41, 5.74) is 3.75. The van der Waals surface area contributed by atoms with Gasteiger partial charge in [0.2, 0.25) is 0 Å². The molecule has 2 aliphatic rings. The highest BCUT2D eigenvalue weighted by molar-refractivity contribution is 6.31. The minimum Gasteiger partial charge on any atom is -0.379 e. The maximum Gasteiger partial charge on any atom is 0.129 e. The molecule has 1 fully saturated rings. The minimum absolute atomic E-state index is 0.144. The number of hydrogen-bond acceptors (Lipinski definition) is 5. The van der Waals surface area contributed by atoms with E-state index >= 15 is 4.39 Å². The molecule has 1 spiro atoms. The van der Waals surface area contributed by atoms with Crippen LogP contribution in [-0.4, -0.2) is 57.5 Å². The Morgan fingerprint density at radius 1 is 0.783 bits per heavy atom. The minimum atomic E-state index is -1.24. The van der Waals surface area contributed by atoms with Crippen LogP contribution >= 0.6 is 11.6 Å². The summed E-state index contributed by atoms with van der Waals surface area (Å²) in [4.78, 5) is 0. The van der Waals surface area contributed by atoms with Crippen LogP contribution in [0, 0.1) is 0 Å². The standard InChI is InChI=1S/C39H58ClFO5/c1-6-11-19-42-27-35-36(43-20-12-7-2)37(44-21-13-8-3)38(45-22-14-9-4)39(46-35)26-34(41)31-25-33(40)30(24-32(31)39)23-29-17-15-28(10-5)16-18-29/h15-18,24-25,34-38H,6-14,19-23,26-27H2,1-5H3/t34?,35-,36-,37+,38-,39+/m1/s1. The van der Waals surface area contributed by atoms with Gasteiger partial charge in [0.05, 0.1) is 6.61 Å². The molecular formula is C39H58ClFO5. The molecule has 2 aromatic rings. The first-order chi connectivity index (χ1) is 22.4. The fraction of sp³-hybridized carbons (Fsp3) is 0.692. The third-order valence-electron chi connectivity index (χ3n) is 9.47. The van der Waals surface area contributed by atoms with Crippen LogP contribution in [0.15, 0.2) is 36.4 Å². The highest BCUT2D eigenvalue weighted by Crippen LogP contribution is 2.55.